The van der Waals surface area contributed by atoms with E-state index in [1.807, 2.05) is 0 Å². The van der Waals surface area contributed by atoms with Crippen LogP contribution in [0.3, 0.4) is 0 Å². The van der Waals surface area contributed by atoms with Gasteiger partial charge in [0.05, 0.1) is 15.9 Å². The number of ether oxygens (including phenoxy) is 1. The summed E-state index contributed by atoms with van der Waals surface area (Å²) in [5.41, 5.74) is 0.165. The molecule has 0 fully saturated rings. The molecule has 0 aliphatic heterocycles. The summed E-state index contributed by atoms with van der Waals surface area (Å²) in [5, 5.41) is 0. The number of esters is 1. The second-order valence-corrected chi connectivity index (χ2v) is 3.70. The Kier molecular flexibility index (Phi) is 7.27. The first-order valence-electron chi connectivity index (χ1n) is 3.09. The van der Waals surface area contributed by atoms with E-state index in [9.17, 15) is 17.8 Å². The van der Waals surface area contributed by atoms with Crippen LogP contribution in [0.1, 0.15) is 6.92 Å². The van der Waals surface area contributed by atoms with Crippen molar-refractivity contribution in [1.29, 1.82) is 0 Å². The van der Waals surface area contributed by atoms with E-state index in [1.165, 1.54) is 6.92 Å². The monoisotopic (exact) mass is 200 g/mol. The van der Waals surface area contributed by atoms with Crippen LogP contribution >= 0.6 is 0 Å². The standard InChI is InChI=1S/C6H10O5S.Li/c1-5(2)6(7)11-3-4-12(8,9)10;/h1,3-4H2,2H3,(H,8,9,10);/q;+1/p-1. The molecule has 0 atom stereocenters. The van der Waals surface area contributed by atoms with Gasteiger partial charge in [-0.05, 0) is 6.92 Å². The Bertz CT molecular complexity index is 281. The van der Waals surface area contributed by atoms with Gasteiger partial charge in [-0.3, -0.25) is 0 Å². The minimum absolute atomic E-state index is 0. The van der Waals surface area contributed by atoms with Crippen LogP contribution in [0.15, 0.2) is 12.2 Å². The first kappa shape index (κ1) is 15.2. The normalized spacial score (nSPS) is 10.0. The first-order chi connectivity index (χ1) is 5.33. The SMILES string of the molecule is C=C(C)C(=O)OCCS(=O)(=O)[O-].[Li+]. The fourth-order valence-corrected chi connectivity index (χ4v) is 0.647. The molecular weight excluding hydrogens is 191 g/mol. The Morgan fingerprint density at radius 3 is 2.31 bits per heavy atom. The maximum atomic E-state index is 10.6. The number of hydrogen-bond donors (Lipinski definition) is 0. The summed E-state index contributed by atoms with van der Waals surface area (Å²) in [4.78, 5) is 10.6. The number of carbonyl (C=O) groups is 1. The molecule has 0 aromatic rings. The van der Waals surface area contributed by atoms with E-state index in [2.05, 4.69) is 11.3 Å². The predicted octanol–water partition coefficient (Wildman–Crippen LogP) is -3.35. The number of carbonyl (C=O) groups excluding carboxylic acids is 1. The van der Waals surface area contributed by atoms with Gasteiger partial charge in [0, 0.05) is 5.57 Å². The van der Waals surface area contributed by atoms with Gasteiger partial charge in [0.2, 0.25) is 0 Å². The van der Waals surface area contributed by atoms with Crippen LogP contribution in [-0.4, -0.2) is 31.3 Å². The Balaban J connectivity index is 0. The molecule has 0 amide bonds. The third-order valence-electron chi connectivity index (χ3n) is 0.915. The van der Waals surface area contributed by atoms with E-state index in [4.69, 9.17) is 0 Å². The van der Waals surface area contributed by atoms with Gasteiger partial charge in [-0.15, -0.1) is 0 Å². The topological polar surface area (TPSA) is 83.5 Å². The molecule has 0 aromatic heterocycles. The maximum Gasteiger partial charge on any atom is 1.00 e. The number of hydrogen-bond acceptors (Lipinski definition) is 5. The smallest absolute Gasteiger partial charge is 0.748 e. The van der Waals surface area contributed by atoms with Gasteiger partial charge in [-0.25, -0.2) is 13.2 Å². The molecule has 0 unspecified atom stereocenters. The van der Waals surface area contributed by atoms with Crippen molar-refractivity contribution in [1.82, 2.24) is 0 Å². The summed E-state index contributed by atoms with van der Waals surface area (Å²) < 4.78 is 34.4. The van der Waals surface area contributed by atoms with Crippen molar-refractivity contribution in [3.8, 4) is 0 Å². The zero-order valence-electron chi connectivity index (χ0n) is 7.57. The molecule has 0 saturated heterocycles. The van der Waals surface area contributed by atoms with Crippen LogP contribution in [-0.2, 0) is 19.6 Å². The molecule has 0 radical (unpaired) electrons. The molecule has 0 aliphatic carbocycles. The van der Waals surface area contributed by atoms with Crippen LogP contribution in [0.5, 0.6) is 0 Å². The van der Waals surface area contributed by atoms with Crippen molar-refractivity contribution in [3.63, 3.8) is 0 Å². The zero-order valence-corrected chi connectivity index (χ0v) is 8.39. The van der Waals surface area contributed by atoms with Gasteiger partial charge < -0.3 is 9.29 Å². The molecule has 0 spiro atoms. The van der Waals surface area contributed by atoms with E-state index in [0.717, 1.165) is 0 Å². The molecule has 70 valence electrons. The van der Waals surface area contributed by atoms with Gasteiger partial charge >= 0.3 is 24.8 Å². The van der Waals surface area contributed by atoms with E-state index in [1.54, 1.807) is 0 Å². The quantitative estimate of drug-likeness (QED) is 0.205. The first-order valence-corrected chi connectivity index (χ1v) is 4.67. The van der Waals surface area contributed by atoms with Crippen molar-refractivity contribution >= 4 is 16.1 Å². The van der Waals surface area contributed by atoms with E-state index < -0.39 is 28.4 Å². The Morgan fingerprint density at radius 1 is 1.54 bits per heavy atom. The maximum absolute atomic E-state index is 10.6. The third kappa shape index (κ3) is 9.63. The zero-order chi connectivity index (χ0) is 9.78. The van der Waals surface area contributed by atoms with Gasteiger partial charge in [-0.2, -0.15) is 0 Å². The molecule has 0 bridgehead atoms. The van der Waals surface area contributed by atoms with E-state index in [-0.39, 0.29) is 24.4 Å². The van der Waals surface area contributed by atoms with Crippen LogP contribution in [0, 0.1) is 0 Å². The van der Waals surface area contributed by atoms with Crippen LogP contribution in [0.25, 0.3) is 0 Å². The molecule has 0 saturated carbocycles. The van der Waals surface area contributed by atoms with Crippen molar-refractivity contribution < 1.29 is 41.4 Å². The fraction of sp³-hybridized carbons (Fsp3) is 0.500. The van der Waals surface area contributed by atoms with Crippen LogP contribution in [0.4, 0.5) is 0 Å². The molecule has 7 heteroatoms. The summed E-state index contributed by atoms with van der Waals surface area (Å²) in [6.45, 7) is 4.27. The molecule has 0 heterocycles. The van der Waals surface area contributed by atoms with Gasteiger partial charge in [0.15, 0.2) is 0 Å². The summed E-state index contributed by atoms with van der Waals surface area (Å²) in [5.74, 6) is -1.40. The summed E-state index contributed by atoms with van der Waals surface area (Å²) in [6.07, 6.45) is 0. The summed E-state index contributed by atoms with van der Waals surface area (Å²) in [7, 11) is -4.30. The number of rotatable bonds is 4. The molecule has 5 nitrogen and oxygen atoms in total. The molecule has 0 aliphatic rings. The van der Waals surface area contributed by atoms with Gasteiger partial charge in [0.1, 0.15) is 6.61 Å². The van der Waals surface area contributed by atoms with Crippen LogP contribution in [0.2, 0.25) is 0 Å². The molecule has 0 aromatic carbocycles. The van der Waals surface area contributed by atoms with Gasteiger partial charge in [0.25, 0.3) is 0 Å². The van der Waals surface area contributed by atoms with E-state index >= 15 is 0 Å². The Morgan fingerprint density at radius 2 is 2.00 bits per heavy atom. The summed E-state index contributed by atoms with van der Waals surface area (Å²) in [6, 6.07) is 0. The second kappa shape index (κ2) is 6.21. The third-order valence-corrected chi connectivity index (χ3v) is 1.58. The minimum Gasteiger partial charge on any atom is -0.748 e. The minimum atomic E-state index is -4.30. The molecule has 0 rings (SSSR count). The van der Waals surface area contributed by atoms with Crippen molar-refractivity contribution in [2.24, 2.45) is 0 Å². The van der Waals surface area contributed by atoms with E-state index in [0.29, 0.717) is 0 Å². The summed E-state index contributed by atoms with van der Waals surface area (Å²) >= 11 is 0. The predicted molar refractivity (Wildman–Crippen MR) is 40.3 cm³/mol. The Hall–Kier alpha value is -0.283. The largest absolute Gasteiger partial charge is 1.00 e. The molecule has 13 heavy (non-hydrogen) atoms. The average molecular weight is 200 g/mol. The molecular formula is C6H9LiO5S. The Labute approximate surface area is 89.1 Å². The van der Waals surface area contributed by atoms with Crippen molar-refractivity contribution in [2.75, 3.05) is 12.4 Å². The van der Waals surface area contributed by atoms with Gasteiger partial charge in [-0.1, -0.05) is 6.58 Å². The molecule has 0 N–H and O–H groups in total. The second-order valence-electron chi connectivity index (χ2n) is 2.18. The van der Waals surface area contributed by atoms with Crippen molar-refractivity contribution in [2.45, 2.75) is 6.92 Å². The fourth-order valence-electron chi connectivity index (χ4n) is 0.360. The van der Waals surface area contributed by atoms with Crippen molar-refractivity contribution in [3.05, 3.63) is 12.2 Å². The average Bonchev–Trinajstić information content (AvgIpc) is 1.84. The van der Waals surface area contributed by atoms with Crippen LogP contribution < -0.4 is 18.9 Å².